The highest BCUT2D eigenvalue weighted by atomic mass is 16.6. The fourth-order valence-electron chi connectivity index (χ4n) is 3.45. The van der Waals surface area contributed by atoms with E-state index in [1.54, 1.807) is 12.1 Å². The number of ketones is 1. The molecule has 0 N–H and O–H groups in total. The van der Waals surface area contributed by atoms with Crippen LogP contribution in [0.4, 0.5) is 0 Å². The van der Waals surface area contributed by atoms with E-state index >= 15 is 0 Å². The number of hydrogen-bond donors (Lipinski definition) is 0. The van der Waals surface area contributed by atoms with Crippen LogP contribution in [0.2, 0.25) is 0 Å². The Hall–Kier alpha value is -2.66. The van der Waals surface area contributed by atoms with Crippen molar-refractivity contribution < 1.29 is 23.8 Å². The van der Waals surface area contributed by atoms with E-state index in [2.05, 4.69) is 0 Å². The fraction of sp³-hybridized carbons (Fsp3) is 0.391. The lowest BCUT2D eigenvalue weighted by atomic mass is 9.92. The van der Waals surface area contributed by atoms with Crippen LogP contribution in [0.15, 0.2) is 42.5 Å². The van der Waals surface area contributed by atoms with Gasteiger partial charge in [-0.25, -0.2) is 0 Å². The van der Waals surface area contributed by atoms with Crippen LogP contribution >= 0.6 is 0 Å². The summed E-state index contributed by atoms with van der Waals surface area (Å²) >= 11 is 0. The molecule has 0 aliphatic carbocycles. The van der Waals surface area contributed by atoms with E-state index in [0.29, 0.717) is 37.2 Å². The maximum Gasteiger partial charge on any atom is 0.302 e. The normalized spacial score (nSPS) is 19.1. The first kappa shape index (κ1) is 20.1. The third-order valence-electron chi connectivity index (χ3n) is 4.87. The van der Waals surface area contributed by atoms with Crippen molar-refractivity contribution in [2.75, 3.05) is 13.2 Å². The molecule has 2 atom stereocenters. The Kier molecular flexibility index (Phi) is 6.47. The summed E-state index contributed by atoms with van der Waals surface area (Å²) in [5.41, 5.74) is 3.11. The second-order valence-corrected chi connectivity index (χ2v) is 6.98. The number of aryl methyl sites for hydroxylation is 1. The molecule has 2 aromatic carbocycles. The van der Waals surface area contributed by atoms with Gasteiger partial charge in [0.15, 0.2) is 5.78 Å². The third-order valence-corrected chi connectivity index (χ3v) is 4.87. The van der Waals surface area contributed by atoms with Gasteiger partial charge in [-0.1, -0.05) is 12.1 Å². The molecule has 5 nitrogen and oxygen atoms in total. The SMILES string of the molecule is CCOc1ccc(C(=O)c2cc([C@H]3CC(OC(C)=O)CCO3)ccc2C)cc1. The molecule has 0 spiro atoms. The van der Waals surface area contributed by atoms with Crippen LogP contribution in [0.5, 0.6) is 5.75 Å². The summed E-state index contributed by atoms with van der Waals surface area (Å²) in [5, 5.41) is 0. The van der Waals surface area contributed by atoms with Crippen molar-refractivity contribution in [3.05, 3.63) is 64.7 Å². The number of rotatable bonds is 6. The first-order valence-electron chi connectivity index (χ1n) is 9.65. The van der Waals surface area contributed by atoms with Gasteiger partial charge in [-0.3, -0.25) is 9.59 Å². The minimum Gasteiger partial charge on any atom is -0.494 e. The maximum absolute atomic E-state index is 13.0. The summed E-state index contributed by atoms with van der Waals surface area (Å²) in [5.74, 6) is 0.437. The molecule has 148 valence electrons. The van der Waals surface area contributed by atoms with Crippen LogP contribution in [-0.4, -0.2) is 31.1 Å². The van der Waals surface area contributed by atoms with Gasteiger partial charge in [-0.15, -0.1) is 0 Å². The zero-order valence-electron chi connectivity index (χ0n) is 16.6. The molecule has 5 heteroatoms. The standard InChI is InChI=1S/C23H26O5/c1-4-26-19-9-7-17(8-10-19)23(25)21-13-18(6-5-15(21)2)22-14-20(11-12-27-22)28-16(3)24/h5-10,13,20,22H,4,11-12,14H2,1-3H3/t20?,22-/m1/s1. The molecule has 1 aliphatic rings. The van der Waals surface area contributed by atoms with Gasteiger partial charge in [0.25, 0.3) is 0 Å². The zero-order valence-corrected chi connectivity index (χ0v) is 16.6. The highest BCUT2D eigenvalue weighted by Gasteiger charge is 2.27. The topological polar surface area (TPSA) is 61.8 Å². The van der Waals surface area contributed by atoms with E-state index in [1.807, 2.05) is 44.2 Å². The summed E-state index contributed by atoms with van der Waals surface area (Å²) in [4.78, 5) is 24.3. The second-order valence-electron chi connectivity index (χ2n) is 6.98. The fourth-order valence-corrected chi connectivity index (χ4v) is 3.45. The summed E-state index contributed by atoms with van der Waals surface area (Å²) < 4.78 is 16.7. The minimum absolute atomic E-state index is 0.0326. The first-order valence-corrected chi connectivity index (χ1v) is 9.65. The summed E-state index contributed by atoms with van der Waals surface area (Å²) in [6.45, 7) is 6.38. The Morgan fingerprint density at radius 2 is 1.89 bits per heavy atom. The van der Waals surface area contributed by atoms with E-state index < -0.39 is 0 Å². The molecule has 1 fully saturated rings. The van der Waals surface area contributed by atoms with Crippen LogP contribution < -0.4 is 4.74 Å². The quantitative estimate of drug-likeness (QED) is 0.547. The largest absolute Gasteiger partial charge is 0.494 e. The molecular weight excluding hydrogens is 356 g/mol. The van der Waals surface area contributed by atoms with Gasteiger partial charge in [0.2, 0.25) is 0 Å². The molecule has 1 heterocycles. The molecule has 0 amide bonds. The highest BCUT2D eigenvalue weighted by molar-refractivity contribution is 6.10. The van der Waals surface area contributed by atoms with Crippen molar-refractivity contribution in [3.63, 3.8) is 0 Å². The van der Waals surface area contributed by atoms with Crippen LogP contribution in [0.25, 0.3) is 0 Å². The zero-order chi connectivity index (χ0) is 20.1. The van der Waals surface area contributed by atoms with E-state index in [9.17, 15) is 9.59 Å². The predicted octanol–water partition coefficient (Wildman–Crippen LogP) is 4.41. The lowest BCUT2D eigenvalue weighted by molar-refractivity contribution is -0.153. The van der Waals surface area contributed by atoms with Crippen molar-refractivity contribution in [3.8, 4) is 5.75 Å². The molecule has 0 aromatic heterocycles. The molecule has 1 unspecified atom stereocenters. The lowest BCUT2D eigenvalue weighted by Crippen LogP contribution is -2.27. The summed E-state index contributed by atoms with van der Waals surface area (Å²) in [7, 11) is 0. The predicted molar refractivity (Wildman–Crippen MR) is 106 cm³/mol. The molecule has 3 rings (SSSR count). The Labute approximate surface area is 165 Å². The van der Waals surface area contributed by atoms with Crippen molar-refractivity contribution >= 4 is 11.8 Å². The molecule has 1 aliphatic heterocycles. The van der Waals surface area contributed by atoms with Crippen molar-refractivity contribution in [2.24, 2.45) is 0 Å². The molecule has 28 heavy (non-hydrogen) atoms. The monoisotopic (exact) mass is 382 g/mol. The third kappa shape index (κ3) is 4.78. The van der Waals surface area contributed by atoms with E-state index in [4.69, 9.17) is 14.2 Å². The van der Waals surface area contributed by atoms with Gasteiger partial charge in [0, 0.05) is 30.9 Å². The van der Waals surface area contributed by atoms with Gasteiger partial charge >= 0.3 is 5.97 Å². The number of esters is 1. The molecule has 2 aromatic rings. The van der Waals surface area contributed by atoms with Crippen molar-refractivity contribution in [2.45, 2.75) is 45.8 Å². The molecule has 1 saturated heterocycles. The van der Waals surface area contributed by atoms with Gasteiger partial charge < -0.3 is 14.2 Å². The summed E-state index contributed by atoms with van der Waals surface area (Å²) in [6, 6.07) is 13.0. The lowest BCUT2D eigenvalue weighted by Gasteiger charge is -2.29. The van der Waals surface area contributed by atoms with Gasteiger partial charge in [-0.2, -0.15) is 0 Å². The highest BCUT2D eigenvalue weighted by Crippen LogP contribution is 2.31. The van der Waals surface area contributed by atoms with Gasteiger partial charge in [0.05, 0.1) is 19.3 Å². The van der Waals surface area contributed by atoms with Crippen molar-refractivity contribution in [1.29, 1.82) is 0 Å². The Morgan fingerprint density at radius 3 is 2.57 bits per heavy atom. The smallest absolute Gasteiger partial charge is 0.302 e. The Morgan fingerprint density at radius 1 is 1.14 bits per heavy atom. The molecular formula is C23H26O5. The second kappa shape index (κ2) is 9.02. The minimum atomic E-state index is -0.277. The number of hydrogen-bond acceptors (Lipinski definition) is 5. The Balaban J connectivity index is 1.80. The van der Waals surface area contributed by atoms with Crippen LogP contribution in [-0.2, 0) is 14.3 Å². The van der Waals surface area contributed by atoms with Crippen molar-refractivity contribution in [1.82, 2.24) is 0 Å². The summed E-state index contributed by atoms with van der Waals surface area (Å²) in [6.07, 6.45) is 0.951. The number of carbonyl (C=O) groups is 2. The maximum atomic E-state index is 13.0. The van der Waals surface area contributed by atoms with Crippen LogP contribution in [0, 0.1) is 6.92 Å². The van der Waals surface area contributed by atoms with E-state index in [1.165, 1.54) is 6.92 Å². The van der Waals surface area contributed by atoms with E-state index in [-0.39, 0.29) is 24.0 Å². The van der Waals surface area contributed by atoms with Gasteiger partial charge in [-0.05, 0) is 55.3 Å². The van der Waals surface area contributed by atoms with Crippen LogP contribution in [0.3, 0.4) is 0 Å². The average molecular weight is 382 g/mol. The Bertz CT molecular complexity index is 841. The molecule has 0 radical (unpaired) electrons. The van der Waals surface area contributed by atoms with Crippen LogP contribution in [0.1, 0.15) is 59.8 Å². The first-order chi connectivity index (χ1) is 13.5. The van der Waals surface area contributed by atoms with Gasteiger partial charge in [0.1, 0.15) is 11.9 Å². The number of ether oxygens (including phenoxy) is 3. The molecule has 0 saturated carbocycles. The molecule has 0 bridgehead atoms. The average Bonchev–Trinajstić information content (AvgIpc) is 2.68. The van der Waals surface area contributed by atoms with E-state index in [0.717, 1.165) is 16.9 Å². The number of benzene rings is 2. The number of carbonyl (C=O) groups excluding carboxylic acids is 2.